The van der Waals surface area contributed by atoms with Crippen molar-refractivity contribution in [3.63, 3.8) is 0 Å². The molecular weight excluding hydrogens is 577 g/mol. The summed E-state index contributed by atoms with van der Waals surface area (Å²) < 4.78 is 126. The van der Waals surface area contributed by atoms with Crippen LogP contribution in [0.3, 0.4) is 0 Å². The first-order chi connectivity index (χ1) is 19.5. The highest BCUT2D eigenvalue weighted by atomic mass is 19.4. The highest BCUT2D eigenvalue weighted by Gasteiger charge is 2.39. The molecule has 0 saturated heterocycles. The van der Waals surface area contributed by atoms with E-state index in [0.717, 1.165) is 56.2 Å². The fraction of sp³-hybridized carbons (Fsp3) is 0.500. The fourth-order valence-corrected chi connectivity index (χ4v) is 5.11. The average molecular weight is 608 g/mol. The lowest BCUT2D eigenvalue weighted by atomic mass is 9.87. The van der Waals surface area contributed by atoms with Gasteiger partial charge in [-0.1, -0.05) is 31.1 Å². The average Bonchev–Trinajstić information content (AvgIpc) is 2.91. The Bertz CT molecular complexity index is 1250. The van der Waals surface area contributed by atoms with Crippen LogP contribution in [0.25, 0.3) is 0 Å². The standard InChI is InChI=1S/C30H30F9NO2/c1-19(27(42-2)22-13-25(29(34,35)36)16-26(14-22)30(37,38)39)40(18-41)17-23-15-24(28(31,32)33)12-11-21(23)10-6-9-20-7-4-3-5-8-20/h11-16,18-20,27H,3-5,7-9,17H2,1-2H3/t19-,27-/m0/s1. The molecule has 2 atom stereocenters. The molecule has 3 rings (SSSR count). The van der Waals surface area contributed by atoms with E-state index in [1.54, 1.807) is 0 Å². The second-order valence-electron chi connectivity index (χ2n) is 10.4. The van der Waals surface area contributed by atoms with Crippen molar-refractivity contribution in [2.24, 2.45) is 5.92 Å². The Morgan fingerprint density at radius 2 is 1.45 bits per heavy atom. The van der Waals surface area contributed by atoms with E-state index in [0.29, 0.717) is 24.5 Å². The molecule has 0 unspecified atom stereocenters. The van der Waals surface area contributed by atoms with Crippen LogP contribution in [0.2, 0.25) is 0 Å². The van der Waals surface area contributed by atoms with Crippen molar-refractivity contribution >= 4 is 6.41 Å². The van der Waals surface area contributed by atoms with Gasteiger partial charge in [-0.3, -0.25) is 4.79 Å². The summed E-state index contributed by atoms with van der Waals surface area (Å²) in [5, 5.41) is 0. The number of rotatable bonds is 8. The van der Waals surface area contributed by atoms with E-state index in [-0.39, 0.29) is 23.6 Å². The Morgan fingerprint density at radius 3 is 1.95 bits per heavy atom. The van der Waals surface area contributed by atoms with Crippen molar-refractivity contribution in [3.8, 4) is 11.8 Å². The molecule has 230 valence electrons. The van der Waals surface area contributed by atoms with Crippen molar-refractivity contribution in [1.29, 1.82) is 0 Å². The van der Waals surface area contributed by atoms with Gasteiger partial charge < -0.3 is 9.64 Å². The summed E-state index contributed by atoms with van der Waals surface area (Å²) in [6.07, 6.45) is -10.3. The molecule has 0 bridgehead atoms. The third-order valence-corrected chi connectivity index (χ3v) is 7.41. The van der Waals surface area contributed by atoms with E-state index in [4.69, 9.17) is 4.74 Å². The zero-order valence-corrected chi connectivity index (χ0v) is 22.9. The topological polar surface area (TPSA) is 29.5 Å². The number of halogens is 9. The number of carbonyl (C=O) groups excluding carboxylic acids is 1. The zero-order chi connectivity index (χ0) is 31.3. The van der Waals surface area contributed by atoms with Gasteiger partial charge in [0.05, 0.1) is 22.7 Å². The van der Waals surface area contributed by atoms with Crippen LogP contribution in [-0.4, -0.2) is 24.5 Å². The number of benzene rings is 2. The Kier molecular flexibility index (Phi) is 10.6. The van der Waals surface area contributed by atoms with E-state index in [9.17, 15) is 44.3 Å². The Labute approximate surface area is 238 Å². The maximum atomic E-state index is 13.5. The van der Waals surface area contributed by atoms with Gasteiger partial charge in [0.25, 0.3) is 0 Å². The summed E-state index contributed by atoms with van der Waals surface area (Å²) in [6, 6.07) is 2.67. The minimum Gasteiger partial charge on any atom is -0.375 e. The molecule has 0 heterocycles. The van der Waals surface area contributed by atoms with Crippen LogP contribution in [0.15, 0.2) is 36.4 Å². The van der Waals surface area contributed by atoms with Gasteiger partial charge in [-0.15, -0.1) is 0 Å². The third kappa shape index (κ3) is 8.66. The van der Waals surface area contributed by atoms with Crippen LogP contribution in [0.5, 0.6) is 0 Å². The molecular formula is C30H30F9NO2. The molecule has 3 nitrogen and oxygen atoms in total. The van der Waals surface area contributed by atoms with Gasteiger partial charge in [0.15, 0.2) is 0 Å². The summed E-state index contributed by atoms with van der Waals surface area (Å²) in [7, 11) is 1.05. The lowest BCUT2D eigenvalue weighted by molar-refractivity contribution is -0.143. The second kappa shape index (κ2) is 13.4. The normalized spacial score (nSPS) is 16.4. The highest BCUT2D eigenvalue weighted by molar-refractivity contribution is 5.51. The lowest BCUT2D eigenvalue weighted by Crippen LogP contribution is -2.37. The molecule has 0 aromatic heterocycles. The van der Waals surface area contributed by atoms with Crippen LogP contribution in [-0.2, 0) is 34.6 Å². The smallest absolute Gasteiger partial charge is 0.375 e. The molecule has 1 aliphatic rings. The number of ether oxygens (including phenoxy) is 1. The van der Waals surface area contributed by atoms with Gasteiger partial charge in [0, 0.05) is 25.6 Å². The van der Waals surface area contributed by atoms with Crippen LogP contribution < -0.4 is 0 Å². The number of amides is 1. The van der Waals surface area contributed by atoms with E-state index >= 15 is 0 Å². The predicted octanol–water partition coefficient (Wildman–Crippen LogP) is 8.80. The summed E-state index contributed by atoms with van der Waals surface area (Å²) in [4.78, 5) is 13.1. The molecule has 1 aliphatic carbocycles. The minimum absolute atomic E-state index is 0.0230. The Morgan fingerprint density at radius 1 is 0.881 bits per heavy atom. The van der Waals surface area contributed by atoms with E-state index in [1.807, 2.05) is 0 Å². The number of hydrogen-bond acceptors (Lipinski definition) is 2. The van der Waals surface area contributed by atoms with Gasteiger partial charge in [-0.25, -0.2) is 0 Å². The molecule has 2 aromatic carbocycles. The third-order valence-electron chi connectivity index (χ3n) is 7.41. The van der Waals surface area contributed by atoms with Crippen LogP contribution in [0.4, 0.5) is 39.5 Å². The van der Waals surface area contributed by atoms with Gasteiger partial charge in [0.2, 0.25) is 6.41 Å². The highest BCUT2D eigenvalue weighted by Crippen LogP contribution is 2.39. The number of methoxy groups -OCH3 is 1. The Balaban J connectivity index is 1.97. The molecule has 0 radical (unpaired) electrons. The maximum absolute atomic E-state index is 13.5. The zero-order valence-electron chi connectivity index (χ0n) is 22.9. The van der Waals surface area contributed by atoms with Gasteiger partial charge in [-0.2, -0.15) is 39.5 Å². The van der Waals surface area contributed by atoms with Crippen LogP contribution in [0, 0.1) is 17.8 Å². The summed E-state index contributed by atoms with van der Waals surface area (Å²) in [5.41, 5.74) is -4.37. The van der Waals surface area contributed by atoms with Crippen LogP contribution in [0.1, 0.15) is 84.9 Å². The summed E-state index contributed by atoms with van der Waals surface area (Å²) >= 11 is 0. The first-order valence-electron chi connectivity index (χ1n) is 13.3. The van der Waals surface area contributed by atoms with Crippen molar-refractivity contribution in [2.45, 2.75) is 82.7 Å². The molecule has 0 aliphatic heterocycles. The van der Waals surface area contributed by atoms with Crippen molar-refractivity contribution in [2.75, 3.05) is 7.11 Å². The number of hydrogen-bond donors (Lipinski definition) is 0. The van der Waals surface area contributed by atoms with Crippen molar-refractivity contribution < 1.29 is 49.0 Å². The first kappa shape index (κ1) is 33.3. The first-order valence-corrected chi connectivity index (χ1v) is 13.3. The fourth-order valence-electron chi connectivity index (χ4n) is 5.11. The lowest BCUT2D eigenvalue weighted by Gasteiger charge is -2.32. The van der Waals surface area contributed by atoms with Crippen molar-refractivity contribution in [3.05, 3.63) is 69.8 Å². The molecule has 0 N–H and O–H groups in total. The molecule has 1 fully saturated rings. The quantitative estimate of drug-likeness (QED) is 0.171. The van der Waals surface area contributed by atoms with E-state index < -0.39 is 59.5 Å². The second-order valence-corrected chi connectivity index (χ2v) is 10.4. The van der Waals surface area contributed by atoms with Crippen molar-refractivity contribution in [1.82, 2.24) is 4.90 Å². The van der Waals surface area contributed by atoms with Crippen LogP contribution >= 0.6 is 0 Å². The van der Waals surface area contributed by atoms with E-state index in [1.165, 1.54) is 13.0 Å². The van der Waals surface area contributed by atoms with Gasteiger partial charge in [-0.05, 0) is 73.2 Å². The Hall–Kier alpha value is -3.20. The van der Waals surface area contributed by atoms with Gasteiger partial charge in [0.1, 0.15) is 6.10 Å². The molecule has 1 saturated carbocycles. The van der Waals surface area contributed by atoms with Gasteiger partial charge >= 0.3 is 18.5 Å². The molecule has 12 heteroatoms. The predicted molar refractivity (Wildman–Crippen MR) is 137 cm³/mol. The molecule has 42 heavy (non-hydrogen) atoms. The largest absolute Gasteiger partial charge is 0.416 e. The monoisotopic (exact) mass is 607 g/mol. The maximum Gasteiger partial charge on any atom is 0.416 e. The minimum atomic E-state index is -5.11. The number of nitrogens with zero attached hydrogens (tertiary/aromatic N) is 1. The summed E-state index contributed by atoms with van der Waals surface area (Å²) in [6.45, 7) is 0.866. The van der Waals surface area contributed by atoms with E-state index in [2.05, 4.69) is 11.8 Å². The SMILES string of the molecule is CO[C@H](c1cc(C(F)(F)F)cc(C(F)(F)F)c1)[C@H](C)N(C=O)Cc1cc(C(F)(F)F)ccc1C#CCC1CCCCC1. The molecule has 1 amide bonds. The summed E-state index contributed by atoms with van der Waals surface area (Å²) in [5.74, 6) is 6.29. The molecule has 0 spiro atoms. The molecule has 2 aromatic rings. The number of alkyl halides is 9. The number of carbonyl (C=O) groups is 1.